The predicted molar refractivity (Wildman–Crippen MR) is 156 cm³/mol. The molecule has 0 aliphatic heterocycles. The van der Waals surface area contributed by atoms with E-state index < -0.39 is 17.9 Å². The molecule has 2 N–H and O–H groups in total. The van der Waals surface area contributed by atoms with Crippen LogP contribution in [-0.4, -0.2) is 40.0 Å². The molecule has 0 aliphatic rings. The first-order valence-electron chi connectivity index (χ1n) is 12.1. The van der Waals surface area contributed by atoms with Crippen LogP contribution in [0.5, 0.6) is 11.5 Å². The maximum Gasteiger partial charge on any atom is 0.435 e. The van der Waals surface area contributed by atoms with Gasteiger partial charge in [-0.3, -0.25) is 5.32 Å². The zero-order chi connectivity index (χ0) is 29.1. The van der Waals surface area contributed by atoms with Gasteiger partial charge in [0.2, 0.25) is 0 Å². The molecule has 0 saturated carbocycles. The molecule has 2 heterocycles. The Hall–Kier alpha value is -4.78. The van der Waals surface area contributed by atoms with E-state index in [1.165, 1.54) is 25.2 Å². The third kappa shape index (κ3) is 6.57. The summed E-state index contributed by atoms with van der Waals surface area (Å²) in [6.45, 7) is 1.86. The van der Waals surface area contributed by atoms with E-state index in [9.17, 15) is 18.0 Å². The van der Waals surface area contributed by atoms with Crippen molar-refractivity contribution < 1.29 is 27.4 Å². The summed E-state index contributed by atoms with van der Waals surface area (Å²) in [7, 11) is 3.08. The summed E-state index contributed by atoms with van der Waals surface area (Å²) >= 11 is 1.34. The molecule has 5 rings (SSSR count). The number of hydrogen-bond donors (Lipinski definition) is 2. The van der Waals surface area contributed by atoms with Crippen LogP contribution in [0.15, 0.2) is 83.0 Å². The minimum absolute atomic E-state index is 0. The summed E-state index contributed by atoms with van der Waals surface area (Å²) in [4.78, 5) is 22.3. The summed E-state index contributed by atoms with van der Waals surface area (Å²) < 4.78 is 52.1. The lowest BCUT2D eigenvalue weighted by Crippen LogP contribution is -2.21. The van der Waals surface area contributed by atoms with Crippen LogP contribution < -0.4 is 20.1 Å². The Bertz CT molecular complexity index is 1720. The third-order valence-corrected chi connectivity index (χ3v) is 6.94. The van der Waals surface area contributed by atoms with E-state index >= 15 is 0 Å². The van der Waals surface area contributed by atoms with Gasteiger partial charge >= 0.3 is 12.2 Å². The number of carbonyl (C=O) groups excluding carboxylic acids is 1. The number of benzene rings is 3. The first-order chi connectivity index (χ1) is 19.6. The fourth-order valence-corrected chi connectivity index (χ4v) is 4.89. The smallest absolute Gasteiger partial charge is 0.435 e. The van der Waals surface area contributed by atoms with Gasteiger partial charge in [-0.1, -0.05) is 43.0 Å². The van der Waals surface area contributed by atoms with Crippen molar-refractivity contribution in [1.82, 2.24) is 19.7 Å². The molecule has 0 fully saturated rings. The number of aryl methyl sites for hydroxylation is 1. The van der Waals surface area contributed by atoms with Crippen LogP contribution in [0, 0.1) is 6.92 Å². The molecule has 0 aliphatic carbocycles. The van der Waals surface area contributed by atoms with Crippen molar-refractivity contribution in [2.75, 3.05) is 24.9 Å². The highest BCUT2D eigenvalue weighted by atomic mass is 32.2. The lowest BCUT2D eigenvalue weighted by molar-refractivity contribution is -0.141. The number of methoxy groups -OCH3 is 2. The number of anilines is 2. The van der Waals surface area contributed by atoms with Gasteiger partial charge in [-0.25, -0.2) is 19.4 Å². The second-order valence-electron chi connectivity index (χ2n) is 8.77. The van der Waals surface area contributed by atoms with Gasteiger partial charge in [-0.05, 0) is 43.3 Å². The number of hydrogen-bond acceptors (Lipinski definition) is 7. The van der Waals surface area contributed by atoms with Crippen molar-refractivity contribution in [2.24, 2.45) is 0 Å². The van der Waals surface area contributed by atoms with Gasteiger partial charge in [0.25, 0.3) is 0 Å². The van der Waals surface area contributed by atoms with Crippen LogP contribution in [0.4, 0.5) is 29.5 Å². The van der Waals surface area contributed by atoms with E-state index in [0.717, 1.165) is 26.6 Å². The number of alkyl halides is 3. The number of aromatic nitrogens is 4. The number of fused-ring (bicyclic) bond motifs is 1. The highest BCUT2D eigenvalue weighted by molar-refractivity contribution is 7.99. The maximum absolute atomic E-state index is 13.4. The van der Waals surface area contributed by atoms with Crippen LogP contribution >= 0.6 is 11.8 Å². The molecule has 0 bridgehead atoms. The standard InChI is InChI=1S/C28H23F3N6O3S.CH4/c1-16-7-9-18(10-8-16)37-25(14-24(36-37)28(29,30)31)35-27(38)34-17-5-4-6-19(11-17)41-26-20-12-22(39-2)23(40-3)13-21(20)32-15-33-26;/h4-15H,1-3H3,(H2,34,35,38);1H4. The normalized spacial score (nSPS) is 11.1. The van der Waals surface area contributed by atoms with Crippen molar-refractivity contribution in [2.45, 2.75) is 30.4 Å². The molecule has 13 heteroatoms. The molecule has 0 atom stereocenters. The molecule has 42 heavy (non-hydrogen) atoms. The van der Waals surface area contributed by atoms with E-state index in [4.69, 9.17) is 9.47 Å². The largest absolute Gasteiger partial charge is 0.493 e. The van der Waals surface area contributed by atoms with Gasteiger partial charge in [0, 0.05) is 28.1 Å². The Labute approximate surface area is 244 Å². The first-order valence-corrected chi connectivity index (χ1v) is 12.9. The molecule has 0 saturated heterocycles. The number of nitrogens with one attached hydrogen (secondary N) is 2. The lowest BCUT2D eigenvalue weighted by atomic mass is 10.2. The summed E-state index contributed by atoms with van der Waals surface area (Å²) in [5, 5.41) is 10.2. The summed E-state index contributed by atoms with van der Waals surface area (Å²) in [6, 6.07) is 17.3. The van der Waals surface area contributed by atoms with Gasteiger partial charge in [0.05, 0.1) is 25.4 Å². The Morgan fingerprint density at radius 2 is 1.64 bits per heavy atom. The van der Waals surface area contributed by atoms with E-state index in [1.54, 1.807) is 61.7 Å². The SMILES string of the molecule is C.COc1cc2ncnc(Sc3cccc(NC(=O)Nc4cc(C(F)(F)F)nn4-c4ccc(C)cc4)c3)c2cc1OC. The summed E-state index contributed by atoms with van der Waals surface area (Å²) in [5.41, 5.74) is 1.25. The number of urea groups is 1. The quantitative estimate of drug-likeness (QED) is 0.187. The predicted octanol–water partition coefficient (Wildman–Crippen LogP) is 7.59. The Balaban J connectivity index is 0.00000405. The molecule has 0 spiro atoms. The molecular formula is C29H27F3N6O3S. The zero-order valence-electron chi connectivity index (χ0n) is 22.0. The monoisotopic (exact) mass is 596 g/mol. The Kier molecular flexibility index (Phi) is 8.90. The van der Waals surface area contributed by atoms with E-state index in [0.29, 0.717) is 33.4 Å². The number of amides is 2. The minimum atomic E-state index is -4.69. The molecule has 0 unspecified atom stereocenters. The number of rotatable bonds is 7. The van der Waals surface area contributed by atoms with Crippen LogP contribution in [-0.2, 0) is 6.18 Å². The van der Waals surface area contributed by atoms with Crippen molar-refractivity contribution in [3.63, 3.8) is 0 Å². The van der Waals surface area contributed by atoms with Crippen LogP contribution in [0.2, 0.25) is 0 Å². The van der Waals surface area contributed by atoms with Crippen molar-refractivity contribution in [3.8, 4) is 17.2 Å². The van der Waals surface area contributed by atoms with Gasteiger partial charge < -0.3 is 14.8 Å². The number of nitrogens with zero attached hydrogens (tertiary/aromatic N) is 4. The molecule has 5 aromatic rings. The highest BCUT2D eigenvalue weighted by Crippen LogP contribution is 2.37. The second-order valence-corrected chi connectivity index (χ2v) is 9.83. The number of halogens is 3. The molecule has 9 nitrogen and oxygen atoms in total. The number of ether oxygens (including phenoxy) is 2. The number of carbonyl (C=O) groups is 1. The fourth-order valence-electron chi connectivity index (χ4n) is 3.96. The van der Waals surface area contributed by atoms with Gasteiger partial charge in [0.1, 0.15) is 17.2 Å². The topological polar surface area (TPSA) is 103 Å². The highest BCUT2D eigenvalue weighted by Gasteiger charge is 2.35. The van der Waals surface area contributed by atoms with Crippen LogP contribution in [0.1, 0.15) is 18.7 Å². The van der Waals surface area contributed by atoms with Crippen LogP contribution in [0.25, 0.3) is 16.6 Å². The molecular weight excluding hydrogens is 569 g/mol. The zero-order valence-corrected chi connectivity index (χ0v) is 22.8. The third-order valence-electron chi connectivity index (χ3n) is 5.93. The molecule has 2 amide bonds. The molecule has 218 valence electrons. The fraction of sp³-hybridized carbons (Fsp3) is 0.172. The summed E-state index contributed by atoms with van der Waals surface area (Å²) in [5.74, 6) is 0.932. The second kappa shape index (κ2) is 12.4. The molecule has 3 aromatic carbocycles. The van der Waals surface area contributed by atoms with Crippen molar-refractivity contribution >= 4 is 40.2 Å². The summed E-state index contributed by atoms with van der Waals surface area (Å²) in [6.07, 6.45) is -3.24. The average molecular weight is 597 g/mol. The first kappa shape index (κ1) is 30.2. The van der Waals surface area contributed by atoms with E-state index in [1.807, 2.05) is 13.0 Å². The van der Waals surface area contributed by atoms with E-state index in [-0.39, 0.29) is 13.2 Å². The van der Waals surface area contributed by atoms with E-state index in [2.05, 4.69) is 25.7 Å². The Morgan fingerprint density at radius 1 is 0.929 bits per heavy atom. The lowest BCUT2D eigenvalue weighted by Gasteiger charge is -2.12. The molecule has 0 radical (unpaired) electrons. The van der Waals surface area contributed by atoms with Gasteiger partial charge in [-0.15, -0.1) is 0 Å². The van der Waals surface area contributed by atoms with Crippen molar-refractivity contribution in [3.05, 3.63) is 84.3 Å². The molecule has 2 aromatic heterocycles. The van der Waals surface area contributed by atoms with Crippen molar-refractivity contribution in [1.29, 1.82) is 0 Å². The maximum atomic E-state index is 13.4. The van der Waals surface area contributed by atoms with Gasteiger partial charge in [0.15, 0.2) is 17.2 Å². The van der Waals surface area contributed by atoms with Gasteiger partial charge in [-0.2, -0.15) is 18.3 Å². The Morgan fingerprint density at radius 3 is 2.33 bits per heavy atom. The minimum Gasteiger partial charge on any atom is -0.493 e. The van der Waals surface area contributed by atoms with Crippen LogP contribution in [0.3, 0.4) is 0 Å². The average Bonchev–Trinajstić information content (AvgIpc) is 3.37.